The van der Waals surface area contributed by atoms with Crippen molar-refractivity contribution in [2.45, 2.75) is 69.6 Å². The third-order valence-electron chi connectivity index (χ3n) is 11.1. The Kier molecular flexibility index (Phi) is 11.5. The van der Waals surface area contributed by atoms with Crippen LogP contribution in [0, 0.1) is 6.92 Å². The van der Waals surface area contributed by atoms with Crippen LogP contribution in [0.1, 0.15) is 81.5 Å². The normalized spacial score (nSPS) is 20.7. The molecular formula is C40H45N11O8. The summed E-state index contributed by atoms with van der Waals surface area (Å²) in [6, 6.07) is 9.53. The number of carbonyl (C=O) groups excluding carboxylic acids is 6. The summed E-state index contributed by atoms with van der Waals surface area (Å²) in [6.07, 6.45) is 6.43. The van der Waals surface area contributed by atoms with E-state index in [0.29, 0.717) is 42.4 Å². The van der Waals surface area contributed by atoms with Crippen LogP contribution < -0.4 is 21.3 Å². The lowest BCUT2D eigenvalue weighted by atomic mass is 9.86. The Bertz CT molecular complexity index is 2280. The molecule has 6 heterocycles. The van der Waals surface area contributed by atoms with Gasteiger partial charge in [-0.2, -0.15) is 0 Å². The van der Waals surface area contributed by atoms with Crippen LogP contribution in [0.4, 0.5) is 11.5 Å². The lowest BCUT2D eigenvalue weighted by molar-refractivity contribution is -0.138. The number of rotatable bonds is 15. The molecule has 0 radical (unpaired) electrons. The highest BCUT2D eigenvalue weighted by Gasteiger charge is 2.45. The van der Waals surface area contributed by atoms with E-state index in [4.69, 9.17) is 9.47 Å². The van der Waals surface area contributed by atoms with Crippen molar-refractivity contribution in [2.75, 3.05) is 56.7 Å². The largest absolute Gasteiger partial charge is 0.382 e. The summed E-state index contributed by atoms with van der Waals surface area (Å²) in [5.74, 6) is -1.86. The lowest BCUT2D eigenvalue weighted by Crippen LogP contribution is -2.54. The summed E-state index contributed by atoms with van der Waals surface area (Å²) >= 11 is 0. The van der Waals surface area contributed by atoms with E-state index in [1.165, 1.54) is 12.4 Å². The van der Waals surface area contributed by atoms with Gasteiger partial charge in [-0.15, -0.1) is 0 Å². The Morgan fingerprint density at radius 2 is 1.69 bits per heavy atom. The topological polar surface area (TPSA) is 232 Å². The minimum atomic E-state index is -1.04. The van der Waals surface area contributed by atoms with Crippen molar-refractivity contribution in [3.8, 4) is 0 Å². The molecule has 4 aromatic rings. The first kappa shape index (κ1) is 39.5. The second kappa shape index (κ2) is 17.3. The monoisotopic (exact) mass is 807 g/mol. The number of amides is 6. The van der Waals surface area contributed by atoms with E-state index in [9.17, 15) is 28.8 Å². The number of aryl methyl sites for hydroxylation is 1. The number of anilines is 2. The van der Waals surface area contributed by atoms with E-state index in [-0.39, 0.29) is 80.3 Å². The fraction of sp³-hybridized carbons (Fsp3) is 0.450. The Hall–Kier alpha value is -6.34. The van der Waals surface area contributed by atoms with Crippen LogP contribution in [-0.2, 0) is 23.9 Å². The van der Waals surface area contributed by atoms with Crippen molar-refractivity contribution in [1.82, 2.24) is 44.9 Å². The summed E-state index contributed by atoms with van der Waals surface area (Å²) < 4.78 is 13.3. The molecule has 4 aliphatic rings. The molecule has 1 saturated carbocycles. The molecule has 1 aliphatic carbocycles. The number of nitrogens with zero attached hydrogens (tertiary/aromatic N) is 7. The van der Waals surface area contributed by atoms with E-state index in [1.807, 2.05) is 23.6 Å². The van der Waals surface area contributed by atoms with Crippen molar-refractivity contribution in [1.29, 1.82) is 0 Å². The molecule has 4 N–H and O–H groups in total. The minimum absolute atomic E-state index is 0.0449. The number of likely N-dealkylation sites (tertiary alicyclic amines) is 1. The number of hydrogen-bond acceptors (Lipinski definition) is 14. The quantitative estimate of drug-likeness (QED) is 0.0988. The highest BCUT2D eigenvalue weighted by atomic mass is 16.5. The van der Waals surface area contributed by atoms with E-state index in [2.05, 4.69) is 41.2 Å². The average molecular weight is 808 g/mol. The fourth-order valence-electron chi connectivity index (χ4n) is 7.94. The predicted molar refractivity (Wildman–Crippen MR) is 210 cm³/mol. The summed E-state index contributed by atoms with van der Waals surface area (Å²) in [4.78, 5) is 96.4. The average Bonchev–Trinajstić information content (AvgIpc) is 3.75. The highest BCUT2D eigenvalue weighted by Crippen LogP contribution is 2.36. The molecule has 3 fully saturated rings. The number of pyridine rings is 1. The molecule has 0 bridgehead atoms. The molecule has 3 aliphatic heterocycles. The van der Waals surface area contributed by atoms with E-state index in [0.717, 1.165) is 41.9 Å². The Balaban J connectivity index is 0.716. The van der Waals surface area contributed by atoms with Crippen molar-refractivity contribution < 1.29 is 38.2 Å². The van der Waals surface area contributed by atoms with Gasteiger partial charge in [0.15, 0.2) is 11.5 Å². The maximum atomic E-state index is 13.3. The van der Waals surface area contributed by atoms with Crippen molar-refractivity contribution in [3.63, 3.8) is 0 Å². The molecule has 8 rings (SSSR count). The van der Waals surface area contributed by atoms with Gasteiger partial charge in [0, 0.05) is 55.6 Å². The number of imide groups is 2. The smallest absolute Gasteiger partial charge is 0.270 e. The summed E-state index contributed by atoms with van der Waals surface area (Å²) in [7, 11) is 0. The first-order valence-corrected chi connectivity index (χ1v) is 19.8. The molecule has 6 amide bonds. The van der Waals surface area contributed by atoms with Crippen molar-refractivity contribution in [2.24, 2.45) is 0 Å². The standard InChI is InChI=1S/C40H45N11O8/c1-23-4-2-7-29(45-23)37(54)47-25-18-26(19-25)50-22-44-34-35(42-21-43-36(34)50)46-24-10-13-49(14-11-24)32(53)20-59-17-16-58-15-12-41-28-6-3-5-27-33(28)40(57)51(39(27)56)30-8-9-31(52)48-38(30)55/h2-7,21-22,24-26,30,41H,8-20H2,1H3,(H,47,54)(H,42,43,46)(H,48,52,55). The number of imidazole rings is 1. The molecule has 1 aromatic carbocycles. The second-order valence-corrected chi connectivity index (χ2v) is 15.1. The van der Waals surface area contributed by atoms with Crippen molar-refractivity contribution >= 4 is 58.1 Å². The van der Waals surface area contributed by atoms with E-state index < -0.39 is 29.7 Å². The Morgan fingerprint density at radius 1 is 0.898 bits per heavy atom. The second-order valence-electron chi connectivity index (χ2n) is 15.1. The number of hydrogen-bond donors (Lipinski definition) is 4. The van der Waals surface area contributed by atoms with Crippen LogP contribution in [0.3, 0.4) is 0 Å². The molecule has 0 spiro atoms. The van der Waals surface area contributed by atoms with Crippen LogP contribution in [-0.4, -0.2) is 134 Å². The molecule has 3 aromatic heterocycles. The van der Waals surface area contributed by atoms with Crippen molar-refractivity contribution in [3.05, 3.63) is 71.6 Å². The van der Waals surface area contributed by atoms with Crippen LogP contribution in [0.5, 0.6) is 0 Å². The first-order chi connectivity index (χ1) is 28.6. The summed E-state index contributed by atoms with van der Waals surface area (Å²) in [5.41, 5.74) is 3.45. The molecule has 19 heteroatoms. The van der Waals surface area contributed by atoms with Crippen LogP contribution in [0.25, 0.3) is 11.2 Å². The number of benzene rings is 1. The number of nitrogens with one attached hydrogen (secondary N) is 4. The van der Waals surface area contributed by atoms with Gasteiger partial charge in [0.25, 0.3) is 17.7 Å². The highest BCUT2D eigenvalue weighted by molar-refractivity contribution is 6.25. The fourth-order valence-corrected chi connectivity index (χ4v) is 7.94. The van der Waals surface area contributed by atoms with E-state index >= 15 is 0 Å². The Labute approximate surface area is 338 Å². The van der Waals surface area contributed by atoms with Gasteiger partial charge in [-0.3, -0.25) is 39.0 Å². The zero-order valence-corrected chi connectivity index (χ0v) is 32.5. The molecule has 308 valence electrons. The first-order valence-electron chi connectivity index (χ1n) is 19.8. The van der Waals surface area contributed by atoms with Gasteiger partial charge in [0.05, 0.1) is 37.3 Å². The maximum absolute atomic E-state index is 13.3. The number of ether oxygens (including phenoxy) is 2. The maximum Gasteiger partial charge on any atom is 0.270 e. The molecule has 2 saturated heterocycles. The number of fused-ring (bicyclic) bond motifs is 2. The van der Waals surface area contributed by atoms with Gasteiger partial charge in [-0.1, -0.05) is 12.1 Å². The number of carbonyl (C=O) groups is 6. The van der Waals surface area contributed by atoms with Gasteiger partial charge in [0.1, 0.15) is 30.2 Å². The molecule has 59 heavy (non-hydrogen) atoms. The summed E-state index contributed by atoms with van der Waals surface area (Å²) in [5, 5.41) is 11.9. The minimum Gasteiger partial charge on any atom is -0.382 e. The third kappa shape index (κ3) is 8.47. The zero-order chi connectivity index (χ0) is 41.0. The molecular weight excluding hydrogens is 763 g/mol. The SMILES string of the molecule is Cc1cccc(C(=O)NC2CC(n3cnc4c(NC5CCN(C(=O)COCCOCCNc6cccc7c6C(=O)N(C6CCC(=O)NC6=O)C7=O)CC5)ncnc43)C2)n1. The van der Waals surface area contributed by atoms with Crippen LogP contribution in [0.15, 0.2) is 49.1 Å². The van der Waals surface area contributed by atoms with Gasteiger partial charge in [-0.25, -0.2) is 19.9 Å². The van der Waals surface area contributed by atoms with Crippen LogP contribution >= 0.6 is 0 Å². The van der Waals surface area contributed by atoms with Gasteiger partial charge in [0.2, 0.25) is 17.7 Å². The van der Waals surface area contributed by atoms with Gasteiger partial charge in [-0.05, 0) is 63.3 Å². The lowest BCUT2D eigenvalue weighted by Gasteiger charge is -2.36. The van der Waals surface area contributed by atoms with Gasteiger partial charge >= 0.3 is 0 Å². The molecule has 1 atom stereocenters. The molecule has 1 unspecified atom stereocenters. The number of piperidine rings is 2. The third-order valence-corrected chi connectivity index (χ3v) is 11.1. The van der Waals surface area contributed by atoms with Crippen LogP contribution in [0.2, 0.25) is 0 Å². The van der Waals surface area contributed by atoms with Gasteiger partial charge < -0.3 is 34.9 Å². The zero-order valence-electron chi connectivity index (χ0n) is 32.5. The number of aromatic nitrogens is 5. The summed E-state index contributed by atoms with van der Waals surface area (Å²) in [6.45, 7) is 4.01. The van der Waals surface area contributed by atoms with E-state index in [1.54, 1.807) is 29.4 Å². The molecule has 19 nitrogen and oxygen atoms in total. The predicted octanol–water partition coefficient (Wildman–Crippen LogP) is 1.61. The Morgan fingerprint density at radius 3 is 2.49 bits per heavy atom.